The van der Waals surface area contributed by atoms with Crippen molar-refractivity contribution in [3.8, 4) is 0 Å². The lowest BCUT2D eigenvalue weighted by Gasteiger charge is -2.21. The van der Waals surface area contributed by atoms with E-state index in [1.165, 1.54) is 49.0 Å². The molecule has 1 saturated carbocycles. The lowest BCUT2D eigenvalue weighted by molar-refractivity contribution is 0.516. The Morgan fingerprint density at radius 2 is 1.69 bits per heavy atom. The van der Waals surface area contributed by atoms with E-state index >= 15 is 0 Å². The molecule has 0 aromatic heterocycles. The van der Waals surface area contributed by atoms with Crippen molar-refractivity contribution < 1.29 is 0 Å². The van der Waals surface area contributed by atoms with Crippen molar-refractivity contribution in [2.45, 2.75) is 57.0 Å². The van der Waals surface area contributed by atoms with Crippen LogP contribution in [0.4, 0.5) is 0 Å². The molecule has 0 unspecified atom stereocenters. The van der Waals surface area contributed by atoms with Crippen molar-refractivity contribution in [1.82, 2.24) is 0 Å². The molecule has 1 aromatic carbocycles. The van der Waals surface area contributed by atoms with E-state index in [2.05, 4.69) is 43.8 Å². The van der Waals surface area contributed by atoms with Crippen molar-refractivity contribution in [1.29, 1.82) is 0 Å². The van der Waals surface area contributed by atoms with Crippen LogP contribution in [-0.2, 0) is 5.75 Å². The molecule has 0 atom stereocenters. The molecule has 1 aliphatic carbocycles. The minimum absolute atomic E-state index is 0.924. The first-order chi connectivity index (χ1) is 7.77. The zero-order valence-electron chi connectivity index (χ0n) is 10.5. The van der Waals surface area contributed by atoms with Crippen LogP contribution in [0.5, 0.6) is 0 Å². The minimum atomic E-state index is 0.924. The van der Waals surface area contributed by atoms with Crippen molar-refractivity contribution in [3.05, 3.63) is 34.9 Å². The first kappa shape index (κ1) is 12.0. The molecule has 88 valence electrons. The molecular formula is C15H22S. The maximum atomic E-state index is 2.24. The summed E-state index contributed by atoms with van der Waals surface area (Å²) >= 11 is 2.18. The van der Waals surface area contributed by atoms with Crippen LogP contribution in [0.3, 0.4) is 0 Å². The summed E-state index contributed by atoms with van der Waals surface area (Å²) in [5.41, 5.74) is 4.49. The van der Waals surface area contributed by atoms with Crippen LogP contribution in [0.1, 0.15) is 48.8 Å². The Hall–Kier alpha value is -0.430. The van der Waals surface area contributed by atoms with Gasteiger partial charge in [-0.3, -0.25) is 0 Å². The van der Waals surface area contributed by atoms with E-state index in [0.717, 1.165) is 5.25 Å². The zero-order valence-corrected chi connectivity index (χ0v) is 11.3. The number of thioether (sulfide) groups is 1. The molecule has 0 bridgehead atoms. The standard InChI is InChI=1S/C15H22S/c1-12-7-6-8-13(2)15(12)11-16-14-9-4-3-5-10-14/h6-8,14H,3-5,9-11H2,1-2H3. The van der Waals surface area contributed by atoms with Crippen LogP contribution in [0, 0.1) is 13.8 Å². The van der Waals surface area contributed by atoms with Crippen molar-refractivity contribution in [3.63, 3.8) is 0 Å². The quantitative estimate of drug-likeness (QED) is 0.719. The topological polar surface area (TPSA) is 0 Å². The third kappa shape index (κ3) is 3.04. The fraction of sp³-hybridized carbons (Fsp3) is 0.600. The van der Waals surface area contributed by atoms with Crippen LogP contribution in [-0.4, -0.2) is 5.25 Å². The van der Waals surface area contributed by atoms with Gasteiger partial charge in [0, 0.05) is 11.0 Å². The summed E-state index contributed by atoms with van der Waals surface area (Å²) in [7, 11) is 0. The van der Waals surface area contributed by atoms with Gasteiger partial charge in [0.2, 0.25) is 0 Å². The maximum absolute atomic E-state index is 2.24. The smallest absolute Gasteiger partial charge is 0.0192 e. The molecule has 0 nitrogen and oxygen atoms in total. The summed E-state index contributed by atoms with van der Waals surface area (Å²) in [4.78, 5) is 0. The number of aryl methyl sites for hydroxylation is 2. The molecule has 0 saturated heterocycles. The molecule has 0 heterocycles. The van der Waals surface area contributed by atoms with Crippen LogP contribution in [0.15, 0.2) is 18.2 Å². The Bertz CT molecular complexity index is 317. The van der Waals surface area contributed by atoms with Crippen molar-refractivity contribution in [2.24, 2.45) is 0 Å². The summed E-state index contributed by atoms with van der Waals surface area (Å²) in [5.74, 6) is 1.21. The number of hydrogen-bond acceptors (Lipinski definition) is 1. The molecular weight excluding hydrogens is 212 g/mol. The van der Waals surface area contributed by atoms with E-state index in [0.29, 0.717) is 0 Å². The summed E-state index contributed by atoms with van der Waals surface area (Å²) in [6.07, 6.45) is 7.24. The highest BCUT2D eigenvalue weighted by atomic mass is 32.2. The van der Waals surface area contributed by atoms with Gasteiger partial charge in [0.25, 0.3) is 0 Å². The van der Waals surface area contributed by atoms with Gasteiger partial charge in [-0.15, -0.1) is 0 Å². The summed E-state index contributed by atoms with van der Waals surface area (Å²) in [5, 5.41) is 0.924. The average molecular weight is 234 g/mol. The molecule has 1 aliphatic rings. The van der Waals surface area contributed by atoms with Crippen LogP contribution >= 0.6 is 11.8 Å². The summed E-state index contributed by atoms with van der Waals surface area (Å²) < 4.78 is 0. The molecule has 16 heavy (non-hydrogen) atoms. The lowest BCUT2D eigenvalue weighted by Crippen LogP contribution is -2.08. The normalized spacial score (nSPS) is 17.6. The second kappa shape index (κ2) is 5.77. The van der Waals surface area contributed by atoms with E-state index in [1.807, 2.05) is 0 Å². The first-order valence-corrected chi connectivity index (χ1v) is 7.49. The predicted molar refractivity (Wildman–Crippen MR) is 74.1 cm³/mol. The maximum Gasteiger partial charge on any atom is 0.0192 e. The van der Waals surface area contributed by atoms with Gasteiger partial charge >= 0.3 is 0 Å². The molecule has 0 aliphatic heterocycles. The third-order valence-corrected chi connectivity index (χ3v) is 5.06. The highest BCUT2D eigenvalue weighted by molar-refractivity contribution is 7.99. The van der Waals surface area contributed by atoms with Gasteiger partial charge in [-0.2, -0.15) is 11.8 Å². The molecule has 1 aromatic rings. The van der Waals surface area contributed by atoms with Crippen molar-refractivity contribution in [2.75, 3.05) is 0 Å². The Balaban J connectivity index is 1.93. The van der Waals surface area contributed by atoms with Gasteiger partial charge in [-0.1, -0.05) is 37.5 Å². The molecule has 0 amide bonds. The second-order valence-electron chi connectivity index (χ2n) is 4.94. The van der Waals surface area contributed by atoms with Crippen LogP contribution < -0.4 is 0 Å². The van der Waals surface area contributed by atoms with E-state index in [1.54, 1.807) is 5.56 Å². The SMILES string of the molecule is Cc1cccc(C)c1CSC1CCCCC1. The molecule has 1 fully saturated rings. The monoisotopic (exact) mass is 234 g/mol. The van der Waals surface area contributed by atoms with Gasteiger partial charge < -0.3 is 0 Å². The minimum Gasteiger partial charge on any atom is -0.154 e. The fourth-order valence-corrected chi connectivity index (χ4v) is 4.03. The lowest BCUT2D eigenvalue weighted by atomic mass is 10.0. The Morgan fingerprint density at radius 1 is 1.06 bits per heavy atom. The van der Waals surface area contributed by atoms with E-state index in [4.69, 9.17) is 0 Å². The van der Waals surface area contributed by atoms with Gasteiger partial charge in [-0.25, -0.2) is 0 Å². The Kier molecular flexibility index (Phi) is 4.34. The third-order valence-electron chi connectivity index (χ3n) is 3.66. The highest BCUT2D eigenvalue weighted by Gasteiger charge is 2.14. The number of rotatable bonds is 3. The average Bonchev–Trinajstić information content (AvgIpc) is 2.30. The van der Waals surface area contributed by atoms with Gasteiger partial charge in [0.15, 0.2) is 0 Å². The van der Waals surface area contributed by atoms with E-state index in [-0.39, 0.29) is 0 Å². The Morgan fingerprint density at radius 3 is 2.31 bits per heavy atom. The molecule has 1 heteroatoms. The van der Waals surface area contributed by atoms with Crippen molar-refractivity contribution >= 4 is 11.8 Å². The van der Waals surface area contributed by atoms with Gasteiger partial charge in [0.05, 0.1) is 0 Å². The molecule has 0 N–H and O–H groups in total. The Labute approximate surface area is 104 Å². The van der Waals surface area contributed by atoms with Gasteiger partial charge in [-0.05, 0) is 43.4 Å². The molecule has 0 spiro atoms. The van der Waals surface area contributed by atoms with Crippen LogP contribution in [0.2, 0.25) is 0 Å². The first-order valence-electron chi connectivity index (χ1n) is 6.44. The van der Waals surface area contributed by atoms with E-state index in [9.17, 15) is 0 Å². The highest BCUT2D eigenvalue weighted by Crippen LogP contribution is 2.31. The number of hydrogen-bond donors (Lipinski definition) is 0. The second-order valence-corrected chi connectivity index (χ2v) is 6.23. The summed E-state index contributed by atoms with van der Waals surface area (Å²) in [6.45, 7) is 4.48. The zero-order chi connectivity index (χ0) is 11.4. The molecule has 2 rings (SSSR count). The largest absolute Gasteiger partial charge is 0.154 e. The molecule has 0 radical (unpaired) electrons. The van der Waals surface area contributed by atoms with Crippen LogP contribution in [0.25, 0.3) is 0 Å². The van der Waals surface area contributed by atoms with E-state index < -0.39 is 0 Å². The fourth-order valence-electron chi connectivity index (χ4n) is 2.51. The summed E-state index contributed by atoms with van der Waals surface area (Å²) in [6, 6.07) is 6.65. The predicted octanol–water partition coefficient (Wildman–Crippen LogP) is 4.87. The number of benzene rings is 1. The van der Waals surface area contributed by atoms with Gasteiger partial charge in [0.1, 0.15) is 0 Å².